The van der Waals surface area contributed by atoms with E-state index >= 15 is 0 Å². The molecule has 4 nitrogen and oxygen atoms in total. The molecule has 1 aliphatic rings. The van der Waals surface area contributed by atoms with Gasteiger partial charge in [0.25, 0.3) is 5.91 Å². The molecule has 0 aliphatic heterocycles. The van der Waals surface area contributed by atoms with Gasteiger partial charge >= 0.3 is 6.18 Å². The van der Waals surface area contributed by atoms with Gasteiger partial charge in [0.05, 0.1) is 0 Å². The van der Waals surface area contributed by atoms with Crippen LogP contribution in [0, 0.1) is 0 Å². The fourth-order valence-corrected chi connectivity index (χ4v) is 2.97. The molecule has 132 valence electrons. The summed E-state index contributed by atoms with van der Waals surface area (Å²) in [6.07, 6.45) is -1.84. The van der Waals surface area contributed by atoms with Crippen molar-refractivity contribution in [1.82, 2.24) is 15.3 Å². The third-order valence-corrected chi connectivity index (χ3v) is 4.17. The number of carbonyl (C=O) groups is 1. The highest BCUT2D eigenvalue weighted by Gasteiger charge is 2.37. The van der Waals surface area contributed by atoms with Crippen LogP contribution in [0.4, 0.5) is 13.2 Å². The number of aromatic nitrogens is 2. The van der Waals surface area contributed by atoms with Crippen molar-refractivity contribution in [3.63, 3.8) is 0 Å². The van der Waals surface area contributed by atoms with Gasteiger partial charge in [0.2, 0.25) is 0 Å². The van der Waals surface area contributed by atoms with Crippen LogP contribution in [0.1, 0.15) is 46.0 Å². The molecule has 0 saturated carbocycles. The molecular weight excluding hydrogens is 331 g/mol. The molecule has 25 heavy (non-hydrogen) atoms. The number of amides is 1. The molecule has 1 heterocycles. The van der Waals surface area contributed by atoms with Crippen LogP contribution in [-0.4, -0.2) is 22.4 Å². The van der Waals surface area contributed by atoms with Crippen molar-refractivity contribution < 1.29 is 18.0 Å². The highest BCUT2D eigenvalue weighted by atomic mass is 19.4. The van der Waals surface area contributed by atoms with E-state index in [0.717, 1.165) is 12.8 Å². The van der Waals surface area contributed by atoms with E-state index in [4.69, 9.17) is 0 Å². The summed E-state index contributed by atoms with van der Waals surface area (Å²) in [4.78, 5) is 20.0. The summed E-state index contributed by atoms with van der Waals surface area (Å²) in [5.74, 6) is -0.143. The minimum absolute atomic E-state index is 0.126. The van der Waals surface area contributed by atoms with Gasteiger partial charge in [-0.15, -0.1) is 0 Å². The molecule has 1 aliphatic carbocycles. The van der Waals surface area contributed by atoms with E-state index < -0.39 is 11.9 Å². The Morgan fingerprint density at radius 2 is 1.80 bits per heavy atom. The normalized spacial score (nSPS) is 14.0. The Hall–Kier alpha value is -2.44. The summed E-state index contributed by atoms with van der Waals surface area (Å²) in [5, 5.41) is 2.69. The average molecular weight is 349 g/mol. The first-order chi connectivity index (χ1) is 11.9. The third-order valence-electron chi connectivity index (χ3n) is 4.17. The zero-order chi connectivity index (χ0) is 17.9. The van der Waals surface area contributed by atoms with Gasteiger partial charge in [-0.25, -0.2) is 9.97 Å². The maximum atomic E-state index is 13.3. The standard InChI is InChI=1S/C18H18F3N3O/c19-18(20,21)16-13-8-4-5-9-14(13)23-15(24-16)10-11-22-17(25)12-6-2-1-3-7-12/h1-3,6-7H,4-5,8-11H2,(H,22,25). The molecule has 2 aromatic rings. The van der Waals surface area contributed by atoms with E-state index in [0.29, 0.717) is 24.1 Å². The first-order valence-electron chi connectivity index (χ1n) is 8.24. The molecule has 0 radical (unpaired) electrons. The summed E-state index contributed by atoms with van der Waals surface area (Å²) in [6.45, 7) is 0.184. The zero-order valence-electron chi connectivity index (χ0n) is 13.6. The second-order valence-corrected chi connectivity index (χ2v) is 5.99. The van der Waals surface area contributed by atoms with E-state index in [2.05, 4.69) is 15.3 Å². The number of carbonyl (C=O) groups excluding carboxylic acids is 1. The second-order valence-electron chi connectivity index (χ2n) is 5.99. The first kappa shape index (κ1) is 17.4. The first-order valence-corrected chi connectivity index (χ1v) is 8.24. The summed E-state index contributed by atoms with van der Waals surface area (Å²) < 4.78 is 39.8. The van der Waals surface area contributed by atoms with Crippen LogP contribution in [0.15, 0.2) is 30.3 Å². The number of hydrogen-bond donors (Lipinski definition) is 1. The number of halogens is 3. The topological polar surface area (TPSA) is 54.9 Å². The molecule has 1 aromatic heterocycles. The number of aryl methyl sites for hydroxylation is 1. The summed E-state index contributed by atoms with van der Waals surface area (Å²) in [7, 11) is 0. The summed E-state index contributed by atoms with van der Waals surface area (Å²) >= 11 is 0. The molecule has 0 unspecified atom stereocenters. The van der Waals surface area contributed by atoms with Crippen molar-refractivity contribution in [3.8, 4) is 0 Å². The van der Waals surface area contributed by atoms with Crippen LogP contribution in [0.5, 0.6) is 0 Å². The second kappa shape index (κ2) is 7.21. The summed E-state index contributed by atoms with van der Waals surface area (Å²) in [6, 6.07) is 8.64. The largest absolute Gasteiger partial charge is 0.433 e. The van der Waals surface area contributed by atoms with Crippen molar-refractivity contribution in [1.29, 1.82) is 0 Å². The van der Waals surface area contributed by atoms with Crippen LogP contribution in [-0.2, 0) is 25.4 Å². The van der Waals surface area contributed by atoms with Crippen molar-refractivity contribution >= 4 is 5.91 Å². The fraction of sp³-hybridized carbons (Fsp3) is 0.389. The SMILES string of the molecule is O=C(NCCc1nc2c(c(C(F)(F)F)n1)CCCC2)c1ccccc1. The highest BCUT2D eigenvalue weighted by Crippen LogP contribution is 2.34. The Morgan fingerprint density at radius 1 is 1.08 bits per heavy atom. The lowest BCUT2D eigenvalue weighted by molar-refractivity contribution is -0.142. The van der Waals surface area contributed by atoms with Crippen molar-refractivity contribution in [2.24, 2.45) is 0 Å². The molecule has 0 atom stereocenters. The van der Waals surface area contributed by atoms with Crippen molar-refractivity contribution in [2.75, 3.05) is 6.54 Å². The van der Waals surface area contributed by atoms with Gasteiger partial charge in [-0.3, -0.25) is 4.79 Å². The number of hydrogen-bond acceptors (Lipinski definition) is 3. The van der Waals surface area contributed by atoms with Gasteiger partial charge in [-0.2, -0.15) is 13.2 Å². The van der Waals surface area contributed by atoms with Crippen LogP contribution in [0.3, 0.4) is 0 Å². The lowest BCUT2D eigenvalue weighted by Gasteiger charge is -2.20. The lowest BCUT2D eigenvalue weighted by Crippen LogP contribution is -2.27. The zero-order valence-corrected chi connectivity index (χ0v) is 13.6. The molecule has 3 rings (SSSR count). The molecule has 1 amide bonds. The molecule has 0 bridgehead atoms. The molecule has 0 saturated heterocycles. The Morgan fingerprint density at radius 3 is 2.52 bits per heavy atom. The molecular formula is C18H18F3N3O. The van der Waals surface area contributed by atoms with Crippen molar-refractivity contribution in [3.05, 3.63) is 58.7 Å². The van der Waals surface area contributed by atoms with Crippen LogP contribution in [0.2, 0.25) is 0 Å². The smallest absolute Gasteiger partial charge is 0.352 e. The molecule has 0 spiro atoms. The third kappa shape index (κ3) is 4.15. The Labute approximate surface area is 143 Å². The van der Waals surface area contributed by atoms with Gasteiger partial charge in [-0.1, -0.05) is 18.2 Å². The number of alkyl halides is 3. The lowest BCUT2D eigenvalue weighted by atomic mass is 9.94. The summed E-state index contributed by atoms with van der Waals surface area (Å²) in [5.41, 5.74) is 0.417. The predicted octanol–water partition coefficient (Wildman–Crippen LogP) is 3.35. The predicted molar refractivity (Wildman–Crippen MR) is 86.2 cm³/mol. The molecule has 1 N–H and O–H groups in total. The van der Waals surface area contributed by atoms with Gasteiger partial charge < -0.3 is 5.32 Å². The van der Waals surface area contributed by atoms with E-state index in [1.807, 2.05) is 0 Å². The Bertz CT molecular complexity index is 760. The van der Waals surface area contributed by atoms with E-state index in [-0.39, 0.29) is 30.3 Å². The Kier molecular flexibility index (Phi) is 5.01. The molecule has 0 fully saturated rings. The Balaban J connectivity index is 1.71. The van der Waals surface area contributed by atoms with Gasteiger partial charge in [-0.05, 0) is 37.8 Å². The number of nitrogens with zero attached hydrogens (tertiary/aromatic N) is 2. The maximum absolute atomic E-state index is 13.3. The fourth-order valence-electron chi connectivity index (χ4n) is 2.97. The average Bonchev–Trinajstić information content (AvgIpc) is 2.61. The van der Waals surface area contributed by atoms with Crippen LogP contribution >= 0.6 is 0 Å². The van der Waals surface area contributed by atoms with E-state index in [1.54, 1.807) is 30.3 Å². The van der Waals surface area contributed by atoms with E-state index in [1.165, 1.54) is 0 Å². The quantitative estimate of drug-likeness (QED) is 0.921. The minimum Gasteiger partial charge on any atom is -0.352 e. The number of nitrogens with one attached hydrogen (secondary N) is 1. The van der Waals surface area contributed by atoms with Gasteiger partial charge in [0.15, 0.2) is 5.69 Å². The number of rotatable bonds is 4. The number of benzene rings is 1. The van der Waals surface area contributed by atoms with Crippen LogP contribution < -0.4 is 5.32 Å². The van der Waals surface area contributed by atoms with Crippen LogP contribution in [0.25, 0.3) is 0 Å². The molecule has 1 aromatic carbocycles. The molecule has 7 heteroatoms. The number of fused-ring (bicyclic) bond motifs is 1. The van der Waals surface area contributed by atoms with Gasteiger partial charge in [0, 0.05) is 29.8 Å². The highest BCUT2D eigenvalue weighted by molar-refractivity contribution is 5.94. The maximum Gasteiger partial charge on any atom is 0.433 e. The monoisotopic (exact) mass is 349 g/mol. The van der Waals surface area contributed by atoms with Gasteiger partial charge in [0.1, 0.15) is 5.82 Å². The minimum atomic E-state index is -4.48. The van der Waals surface area contributed by atoms with Crippen molar-refractivity contribution in [2.45, 2.75) is 38.3 Å². The van der Waals surface area contributed by atoms with E-state index in [9.17, 15) is 18.0 Å².